The highest BCUT2D eigenvalue weighted by atomic mass is 19.4. The molecule has 0 amide bonds. The Balaban J connectivity index is 3.60. The maximum atomic E-state index is 12.8. The van der Waals surface area contributed by atoms with Gasteiger partial charge in [0.25, 0.3) is 0 Å². The zero-order valence-corrected chi connectivity index (χ0v) is 9.71. The Morgan fingerprint density at radius 1 is 1.22 bits per heavy atom. The summed E-state index contributed by atoms with van der Waals surface area (Å²) in [7, 11) is 0. The van der Waals surface area contributed by atoms with Crippen LogP contribution < -0.4 is 0 Å². The largest absolute Gasteiger partial charge is 0.478 e. The molecular weight excluding hydrogens is 249 g/mol. The van der Waals surface area contributed by atoms with Crippen molar-refractivity contribution in [3.8, 4) is 0 Å². The lowest BCUT2D eigenvalue weighted by molar-refractivity contribution is -0.137. The highest BCUT2D eigenvalue weighted by molar-refractivity contribution is 6.07. The van der Waals surface area contributed by atoms with Gasteiger partial charge in [-0.25, -0.2) is 4.79 Å². The topological polar surface area (TPSA) is 54.4 Å². The Hall–Kier alpha value is -1.85. The number of carboxylic acids is 1. The first-order chi connectivity index (χ1) is 8.16. The van der Waals surface area contributed by atoms with Crippen molar-refractivity contribution in [2.45, 2.75) is 20.0 Å². The zero-order chi connectivity index (χ0) is 14.1. The monoisotopic (exact) mass is 260 g/mol. The van der Waals surface area contributed by atoms with Crippen LogP contribution in [0, 0.1) is 5.92 Å². The van der Waals surface area contributed by atoms with Gasteiger partial charge in [-0.1, -0.05) is 19.9 Å². The summed E-state index contributed by atoms with van der Waals surface area (Å²) in [4.78, 5) is 22.7. The Morgan fingerprint density at radius 2 is 1.78 bits per heavy atom. The summed E-state index contributed by atoms with van der Waals surface area (Å²) >= 11 is 0. The quantitative estimate of drug-likeness (QED) is 0.849. The van der Waals surface area contributed by atoms with E-state index in [1.165, 1.54) is 13.8 Å². The van der Waals surface area contributed by atoms with Crippen molar-refractivity contribution in [1.82, 2.24) is 0 Å². The van der Waals surface area contributed by atoms with Crippen molar-refractivity contribution in [2.75, 3.05) is 0 Å². The number of carboxylic acid groups (broad SMARTS) is 1. The Morgan fingerprint density at radius 3 is 2.17 bits per heavy atom. The minimum absolute atomic E-state index is 0.622. The highest BCUT2D eigenvalue weighted by Crippen LogP contribution is 2.34. The summed E-state index contributed by atoms with van der Waals surface area (Å²) in [5.41, 5.74) is -2.60. The van der Waals surface area contributed by atoms with Crippen molar-refractivity contribution in [2.24, 2.45) is 5.92 Å². The maximum Gasteiger partial charge on any atom is 0.417 e. The zero-order valence-electron chi connectivity index (χ0n) is 9.71. The van der Waals surface area contributed by atoms with Gasteiger partial charge in [-0.05, 0) is 12.1 Å². The van der Waals surface area contributed by atoms with Crippen LogP contribution in [0.2, 0.25) is 0 Å². The Bertz CT molecular complexity index is 490. The van der Waals surface area contributed by atoms with Gasteiger partial charge in [-0.15, -0.1) is 0 Å². The SMILES string of the molecule is CC(C)C(=O)c1c(C(=O)O)cccc1C(F)(F)F. The smallest absolute Gasteiger partial charge is 0.417 e. The number of rotatable bonds is 3. The van der Waals surface area contributed by atoms with Gasteiger partial charge in [-0.3, -0.25) is 4.79 Å². The van der Waals surface area contributed by atoms with Crippen LogP contribution in [0.4, 0.5) is 13.2 Å². The number of hydrogen-bond acceptors (Lipinski definition) is 2. The predicted octanol–water partition coefficient (Wildman–Crippen LogP) is 3.24. The molecule has 0 aliphatic heterocycles. The van der Waals surface area contributed by atoms with E-state index in [1.807, 2.05) is 0 Å². The maximum absolute atomic E-state index is 12.8. The second-order valence-corrected chi connectivity index (χ2v) is 4.05. The minimum Gasteiger partial charge on any atom is -0.478 e. The molecule has 0 radical (unpaired) electrons. The van der Waals surface area contributed by atoms with Gasteiger partial charge in [0.1, 0.15) is 0 Å². The summed E-state index contributed by atoms with van der Waals surface area (Å²) in [5, 5.41) is 8.87. The van der Waals surface area contributed by atoms with Crippen molar-refractivity contribution < 1.29 is 27.9 Å². The van der Waals surface area contributed by atoms with Crippen LogP contribution in [0.15, 0.2) is 18.2 Å². The number of hydrogen-bond donors (Lipinski definition) is 1. The first-order valence-electron chi connectivity index (χ1n) is 5.14. The molecule has 1 aromatic rings. The molecule has 98 valence electrons. The number of alkyl halides is 3. The van der Waals surface area contributed by atoms with Crippen LogP contribution in [0.25, 0.3) is 0 Å². The van der Waals surface area contributed by atoms with E-state index in [2.05, 4.69) is 0 Å². The van der Waals surface area contributed by atoms with E-state index in [1.54, 1.807) is 0 Å². The third-order valence-corrected chi connectivity index (χ3v) is 2.37. The van der Waals surface area contributed by atoms with Gasteiger partial charge in [0, 0.05) is 11.5 Å². The summed E-state index contributed by atoms with van der Waals surface area (Å²) in [6.45, 7) is 2.84. The first kappa shape index (κ1) is 14.2. The molecule has 0 saturated carbocycles. The Kier molecular flexibility index (Phi) is 3.79. The summed E-state index contributed by atoms with van der Waals surface area (Å²) in [6, 6.07) is 2.68. The molecule has 0 heterocycles. The number of carbonyl (C=O) groups is 2. The minimum atomic E-state index is -4.76. The van der Waals surface area contributed by atoms with Crippen molar-refractivity contribution in [3.05, 3.63) is 34.9 Å². The average Bonchev–Trinajstić information content (AvgIpc) is 2.25. The number of halogens is 3. The lowest BCUT2D eigenvalue weighted by Crippen LogP contribution is -2.20. The van der Waals surface area contributed by atoms with Crippen LogP contribution in [0.3, 0.4) is 0 Å². The number of ketones is 1. The molecule has 1 rings (SSSR count). The molecule has 1 aromatic carbocycles. The molecule has 0 fully saturated rings. The number of carbonyl (C=O) groups excluding carboxylic acids is 1. The second kappa shape index (κ2) is 4.80. The molecule has 3 nitrogen and oxygen atoms in total. The fourth-order valence-electron chi connectivity index (χ4n) is 1.52. The molecule has 0 aliphatic rings. The molecule has 0 unspecified atom stereocenters. The molecule has 0 aromatic heterocycles. The molecule has 0 spiro atoms. The van der Waals surface area contributed by atoms with E-state index in [0.29, 0.717) is 6.07 Å². The average molecular weight is 260 g/mol. The Labute approximate surface area is 101 Å². The number of benzene rings is 1. The molecule has 0 bridgehead atoms. The van der Waals surface area contributed by atoms with E-state index in [0.717, 1.165) is 12.1 Å². The molecule has 1 N–H and O–H groups in total. The summed E-state index contributed by atoms with van der Waals surface area (Å²) < 4.78 is 38.3. The van der Waals surface area contributed by atoms with Crippen LogP contribution in [-0.2, 0) is 6.18 Å². The third-order valence-electron chi connectivity index (χ3n) is 2.37. The van der Waals surface area contributed by atoms with Gasteiger partial charge in [-0.2, -0.15) is 13.2 Å². The van der Waals surface area contributed by atoms with Crippen LogP contribution in [0.5, 0.6) is 0 Å². The predicted molar refractivity (Wildman–Crippen MR) is 57.6 cm³/mol. The van der Waals surface area contributed by atoms with Crippen LogP contribution in [0.1, 0.15) is 40.1 Å². The van der Waals surface area contributed by atoms with E-state index in [4.69, 9.17) is 5.11 Å². The van der Waals surface area contributed by atoms with Crippen LogP contribution in [-0.4, -0.2) is 16.9 Å². The van der Waals surface area contributed by atoms with E-state index >= 15 is 0 Å². The third kappa shape index (κ3) is 2.69. The number of Topliss-reactive ketones (excluding diaryl/α,β-unsaturated/α-hetero) is 1. The first-order valence-corrected chi connectivity index (χ1v) is 5.14. The van der Waals surface area contributed by atoms with Gasteiger partial charge >= 0.3 is 12.1 Å². The molecule has 0 atom stereocenters. The highest BCUT2D eigenvalue weighted by Gasteiger charge is 2.37. The van der Waals surface area contributed by atoms with E-state index in [9.17, 15) is 22.8 Å². The van der Waals surface area contributed by atoms with E-state index < -0.39 is 40.5 Å². The van der Waals surface area contributed by atoms with E-state index in [-0.39, 0.29) is 0 Å². The van der Waals surface area contributed by atoms with Gasteiger partial charge in [0.2, 0.25) is 0 Å². The van der Waals surface area contributed by atoms with Gasteiger partial charge in [0.15, 0.2) is 5.78 Å². The van der Waals surface area contributed by atoms with Crippen molar-refractivity contribution >= 4 is 11.8 Å². The van der Waals surface area contributed by atoms with Gasteiger partial charge in [0.05, 0.1) is 11.1 Å². The van der Waals surface area contributed by atoms with Crippen molar-refractivity contribution in [3.63, 3.8) is 0 Å². The molecule has 0 saturated heterocycles. The van der Waals surface area contributed by atoms with Gasteiger partial charge < -0.3 is 5.11 Å². The summed E-state index contributed by atoms with van der Waals surface area (Å²) in [6.07, 6.45) is -4.76. The standard InChI is InChI=1S/C12H11F3O3/c1-6(2)10(16)9-7(11(17)18)4-3-5-8(9)12(13,14)15/h3-6H,1-2H3,(H,17,18). The fourth-order valence-corrected chi connectivity index (χ4v) is 1.52. The molecular formula is C12H11F3O3. The fraction of sp³-hybridized carbons (Fsp3) is 0.333. The molecule has 0 aliphatic carbocycles. The normalized spacial score (nSPS) is 11.7. The second-order valence-electron chi connectivity index (χ2n) is 4.05. The lowest BCUT2D eigenvalue weighted by Gasteiger charge is -2.15. The summed E-state index contributed by atoms with van der Waals surface area (Å²) in [5.74, 6) is -3.10. The molecule has 18 heavy (non-hydrogen) atoms. The lowest BCUT2D eigenvalue weighted by atomic mass is 9.91. The van der Waals surface area contributed by atoms with Crippen LogP contribution >= 0.6 is 0 Å². The molecule has 6 heteroatoms. The number of aromatic carboxylic acids is 1. The van der Waals surface area contributed by atoms with Crippen molar-refractivity contribution in [1.29, 1.82) is 0 Å².